The summed E-state index contributed by atoms with van der Waals surface area (Å²) in [6.45, 7) is 0.432. The molecule has 0 N–H and O–H groups in total. The first-order valence-electron chi connectivity index (χ1n) is 10.2. The van der Waals surface area contributed by atoms with Crippen LogP contribution in [-0.4, -0.2) is 21.9 Å². The average Bonchev–Trinajstić information content (AvgIpc) is 3.19. The minimum absolute atomic E-state index is 0.432. The van der Waals surface area contributed by atoms with Crippen LogP contribution >= 0.6 is 0 Å². The molecule has 3 aromatic carbocycles. The molecule has 0 aliphatic heterocycles. The van der Waals surface area contributed by atoms with Gasteiger partial charge in [-0.3, -0.25) is 9.67 Å². The van der Waals surface area contributed by atoms with Crippen molar-refractivity contribution in [3.63, 3.8) is 0 Å². The number of aryl methyl sites for hydroxylation is 1. The summed E-state index contributed by atoms with van der Waals surface area (Å²) in [7, 11) is 3.53. The Bertz CT molecular complexity index is 1470. The van der Waals surface area contributed by atoms with E-state index in [4.69, 9.17) is 19.8 Å². The molecule has 0 fully saturated rings. The monoisotopic (exact) mass is 420 g/mol. The van der Waals surface area contributed by atoms with Crippen molar-refractivity contribution >= 4 is 21.8 Å². The van der Waals surface area contributed by atoms with Crippen LogP contribution in [0, 0.1) is 11.3 Å². The predicted octanol–water partition coefficient (Wildman–Crippen LogP) is 5.25. The fourth-order valence-electron chi connectivity index (χ4n) is 3.85. The summed E-state index contributed by atoms with van der Waals surface area (Å²) < 4.78 is 13.5. The zero-order chi connectivity index (χ0) is 22.1. The SMILES string of the molecule is COc1cc2ncc3c(c(-c4ccc(C#N)cc4)nn3C)c2cc1OCc1ccccc1. The van der Waals surface area contributed by atoms with E-state index < -0.39 is 0 Å². The quantitative estimate of drug-likeness (QED) is 0.388. The number of hydrogen-bond donors (Lipinski definition) is 0. The minimum atomic E-state index is 0.432. The maximum atomic E-state index is 9.13. The average molecular weight is 420 g/mol. The van der Waals surface area contributed by atoms with Crippen molar-refractivity contribution in [1.29, 1.82) is 5.26 Å². The number of benzene rings is 3. The van der Waals surface area contributed by atoms with E-state index in [-0.39, 0.29) is 0 Å². The van der Waals surface area contributed by atoms with Crippen LogP contribution in [0.5, 0.6) is 11.5 Å². The molecule has 0 radical (unpaired) electrons. The first-order valence-corrected chi connectivity index (χ1v) is 10.2. The topological polar surface area (TPSA) is 73.0 Å². The Morgan fingerprint density at radius 1 is 1.00 bits per heavy atom. The molecular formula is C26H20N4O2. The van der Waals surface area contributed by atoms with Gasteiger partial charge in [0.15, 0.2) is 11.5 Å². The first-order chi connectivity index (χ1) is 15.7. The Morgan fingerprint density at radius 2 is 1.78 bits per heavy atom. The third kappa shape index (κ3) is 3.40. The van der Waals surface area contributed by atoms with E-state index in [1.807, 2.05) is 72.5 Å². The van der Waals surface area contributed by atoms with Crippen LogP contribution in [0.4, 0.5) is 0 Å². The minimum Gasteiger partial charge on any atom is -0.493 e. The molecule has 6 heteroatoms. The van der Waals surface area contributed by atoms with Gasteiger partial charge in [-0.1, -0.05) is 42.5 Å². The summed E-state index contributed by atoms with van der Waals surface area (Å²) in [4.78, 5) is 4.63. The lowest BCUT2D eigenvalue weighted by Gasteiger charge is -2.13. The Hall–Kier alpha value is -4.37. The Labute approximate surface area is 185 Å². The van der Waals surface area contributed by atoms with Crippen molar-refractivity contribution in [2.75, 3.05) is 7.11 Å². The van der Waals surface area contributed by atoms with Crippen LogP contribution < -0.4 is 9.47 Å². The van der Waals surface area contributed by atoms with Gasteiger partial charge >= 0.3 is 0 Å². The third-order valence-corrected chi connectivity index (χ3v) is 5.49. The molecule has 156 valence electrons. The van der Waals surface area contributed by atoms with Crippen molar-refractivity contribution in [1.82, 2.24) is 14.8 Å². The lowest BCUT2D eigenvalue weighted by molar-refractivity contribution is 0.285. The molecule has 0 aliphatic rings. The molecule has 6 nitrogen and oxygen atoms in total. The largest absolute Gasteiger partial charge is 0.493 e. The van der Waals surface area contributed by atoms with Gasteiger partial charge < -0.3 is 9.47 Å². The number of ether oxygens (including phenoxy) is 2. The molecule has 0 saturated heterocycles. The number of methoxy groups -OCH3 is 1. The molecule has 2 aromatic heterocycles. The fourth-order valence-corrected chi connectivity index (χ4v) is 3.85. The maximum Gasteiger partial charge on any atom is 0.162 e. The van der Waals surface area contributed by atoms with Crippen molar-refractivity contribution in [2.45, 2.75) is 6.61 Å². The van der Waals surface area contributed by atoms with Gasteiger partial charge in [0.25, 0.3) is 0 Å². The van der Waals surface area contributed by atoms with E-state index in [2.05, 4.69) is 11.1 Å². The van der Waals surface area contributed by atoms with Crippen molar-refractivity contribution in [3.05, 3.63) is 84.1 Å². The second-order valence-electron chi connectivity index (χ2n) is 7.47. The summed E-state index contributed by atoms with van der Waals surface area (Å²) in [6.07, 6.45) is 1.82. The number of rotatable bonds is 5. The van der Waals surface area contributed by atoms with E-state index in [1.165, 1.54) is 0 Å². The van der Waals surface area contributed by atoms with E-state index >= 15 is 0 Å². The molecule has 5 rings (SSSR count). The standard InChI is InChI=1S/C26H20N4O2/c1-30-22-15-28-21-13-23(31-2)24(32-16-18-6-4-3-5-7-18)12-20(21)25(22)26(29-30)19-10-8-17(14-27)9-11-19/h3-13,15H,16H2,1-2H3. The Kier molecular flexibility index (Phi) is 4.92. The molecule has 32 heavy (non-hydrogen) atoms. The molecule has 0 bridgehead atoms. The van der Waals surface area contributed by atoms with Crippen LogP contribution in [0.25, 0.3) is 33.1 Å². The molecule has 2 heterocycles. The number of fused-ring (bicyclic) bond motifs is 3. The van der Waals surface area contributed by atoms with Crippen LogP contribution in [0.15, 0.2) is 72.9 Å². The van der Waals surface area contributed by atoms with Gasteiger partial charge in [0.1, 0.15) is 12.3 Å². The first kappa shape index (κ1) is 19.6. The zero-order valence-corrected chi connectivity index (χ0v) is 17.7. The summed E-state index contributed by atoms with van der Waals surface area (Å²) in [5.74, 6) is 1.27. The van der Waals surface area contributed by atoms with Crippen LogP contribution in [-0.2, 0) is 13.7 Å². The second kappa shape index (κ2) is 8.05. The van der Waals surface area contributed by atoms with E-state index in [0.29, 0.717) is 23.7 Å². The molecule has 5 aromatic rings. The predicted molar refractivity (Wildman–Crippen MR) is 123 cm³/mol. The van der Waals surface area contributed by atoms with Gasteiger partial charge in [-0.15, -0.1) is 0 Å². The Morgan fingerprint density at radius 3 is 2.50 bits per heavy atom. The number of nitriles is 1. The smallest absolute Gasteiger partial charge is 0.162 e. The summed E-state index contributed by atoms with van der Waals surface area (Å²) in [5.41, 5.74) is 5.16. The fraction of sp³-hybridized carbons (Fsp3) is 0.115. The maximum absolute atomic E-state index is 9.13. The number of aromatic nitrogens is 3. The summed E-state index contributed by atoms with van der Waals surface area (Å²) in [6, 6.07) is 23.5. The lowest BCUT2D eigenvalue weighted by atomic mass is 10.0. The van der Waals surface area contributed by atoms with Gasteiger partial charge in [-0.2, -0.15) is 10.4 Å². The molecule has 0 saturated carbocycles. The zero-order valence-electron chi connectivity index (χ0n) is 17.7. The van der Waals surface area contributed by atoms with E-state index in [0.717, 1.165) is 38.6 Å². The van der Waals surface area contributed by atoms with Gasteiger partial charge in [0.2, 0.25) is 0 Å². The van der Waals surface area contributed by atoms with Gasteiger partial charge in [-0.25, -0.2) is 0 Å². The highest BCUT2D eigenvalue weighted by molar-refractivity contribution is 6.11. The third-order valence-electron chi connectivity index (χ3n) is 5.49. The summed E-state index contributed by atoms with van der Waals surface area (Å²) in [5, 5.41) is 15.8. The van der Waals surface area contributed by atoms with Gasteiger partial charge in [0, 0.05) is 29.4 Å². The second-order valence-corrected chi connectivity index (χ2v) is 7.47. The van der Waals surface area contributed by atoms with Crippen LogP contribution in [0.1, 0.15) is 11.1 Å². The van der Waals surface area contributed by atoms with E-state index in [1.54, 1.807) is 19.2 Å². The molecule has 0 atom stereocenters. The number of nitrogens with zero attached hydrogens (tertiary/aromatic N) is 4. The highest BCUT2D eigenvalue weighted by Crippen LogP contribution is 2.38. The van der Waals surface area contributed by atoms with Gasteiger partial charge in [0.05, 0.1) is 36.0 Å². The molecule has 0 unspecified atom stereocenters. The van der Waals surface area contributed by atoms with Crippen molar-refractivity contribution in [2.24, 2.45) is 7.05 Å². The van der Waals surface area contributed by atoms with Gasteiger partial charge in [-0.05, 0) is 23.8 Å². The summed E-state index contributed by atoms with van der Waals surface area (Å²) >= 11 is 0. The highest BCUT2D eigenvalue weighted by atomic mass is 16.5. The number of hydrogen-bond acceptors (Lipinski definition) is 5. The van der Waals surface area contributed by atoms with Crippen molar-refractivity contribution < 1.29 is 9.47 Å². The lowest BCUT2D eigenvalue weighted by Crippen LogP contribution is -1.98. The van der Waals surface area contributed by atoms with E-state index in [9.17, 15) is 0 Å². The highest BCUT2D eigenvalue weighted by Gasteiger charge is 2.17. The van der Waals surface area contributed by atoms with Crippen LogP contribution in [0.3, 0.4) is 0 Å². The number of pyridine rings is 1. The normalized spacial score (nSPS) is 10.9. The molecule has 0 aliphatic carbocycles. The molecule has 0 amide bonds. The van der Waals surface area contributed by atoms with Crippen molar-refractivity contribution in [3.8, 4) is 28.8 Å². The Balaban J connectivity index is 1.68. The molecular weight excluding hydrogens is 400 g/mol. The van der Waals surface area contributed by atoms with Crippen LogP contribution in [0.2, 0.25) is 0 Å². The molecule has 0 spiro atoms.